The first-order valence-electron chi connectivity index (χ1n) is 12.6. The smallest absolute Gasteiger partial charge is 0.104 e. The van der Waals surface area contributed by atoms with Crippen molar-refractivity contribution in [2.75, 3.05) is 52.9 Å². The molecular formula is C24H53N3O6. The van der Waals surface area contributed by atoms with Crippen molar-refractivity contribution in [2.24, 2.45) is 17.2 Å². The molecule has 0 aliphatic heterocycles. The van der Waals surface area contributed by atoms with Crippen molar-refractivity contribution in [1.29, 1.82) is 0 Å². The molecule has 0 rings (SSSR count). The summed E-state index contributed by atoms with van der Waals surface area (Å²) >= 11 is 0. The molecule has 0 fully saturated rings. The highest BCUT2D eigenvalue weighted by Crippen LogP contribution is 2.04. The van der Waals surface area contributed by atoms with E-state index in [1.165, 1.54) is 0 Å². The van der Waals surface area contributed by atoms with Crippen LogP contribution in [0.1, 0.15) is 60.8 Å². The van der Waals surface area contributed by atoms with Crippen molar-refractivity contribution in [3.8, 4) is 0 Å². The lowest BCUT2D eigenvalue weighted by molar-refractivity contribution is -0.109. The Morgan fingerprint density at radius 2 is 0.788 bits per heavy atom. The molecular weight excluding hydrogens is 426 g/mol. The highest BCUT2D eigenvalue weighted by molar-refractivity contribution is 4.63. The molecule has 0 heterocycles. The van der Waals surface area contributed by atoms with Gasteiger partial charge in [0, 0.05) is 18.1 Å². The maximum Gasteiger partial charge on any atom is 0.104 e. The summed E-state index contributed by atoms with van der Waals surface area (Å²) in [4.78, 5) is 0. The van der Waals surface area contributed by atoms with Crippen molar-refractivity contribution in [3.63, 3.8) is 0 Å². The van der Waals surface area contributed by atoms with E-state index >= 15 is 0 Å². The van der Waals surface area contributed by atoms with E-state index in [1.54, 1.807) is 0 Å². The van der Waals surface area contributed by atoms with Gasteiger partial charge in [-0.05, 0) is 40.0 Å². The molecule has 0 spiro atoms. The average molecular weight is 480 g/mol. The lowest BCUT2D eigenvalue weighted by Gasteiger charge is -2.23. The average Bonchev–Trinajstić information content (AvgIpc) is 2.81. The van der Waals surface area contributed by atoms with Crippen LogP contribution in [-0.2, 0) is 28.4 Å². The van der Waals surface area contributed by atoms with E-state index in [9.17, 15) is 0 Å². The molecule has 33 heavy (non-hydrogen) atoms. The van der Waals surface area contributed by atoms with Gasteiger partial charge in [-0.25, -0.2) is 0 Å². The topological polar surface area (TPSA) is 133 Å². The summed E-state index contributed by atoms with van der Waals surface area (Å²) in [7, 11) is 0. The minimum atomic E-state index is -0.230. The van der Waals surface area contributed by atoms with Crippen LogP contribution in [0.15, 0.2) is 0 Å². The first-order chi connectivity index (χ1) is 15.7. The molecule has 9 nitrogen and oxygen atoms in total. The molecule has 6 N–H and O–H groups in total. The van der Waals surface area contributed by atoms with E-state index in [2.05, 4.69) is 0 Å². The normalized spacial score (nSPS) is 18.5. The second-order valence-corrected chi connectivity index (χ2v) is 8.97. The summed E-state index contributed by atoms with van der Waals surface area (Å²) in [6, 6.07) is 0.144. The summed E-state index contributed by atoms with van der Waals surface area (Å²) in [5.41, 5.74) is 17.7. The molecule has 6 atom stereocenters. The molecule has 0 radical (unpaired) electrons. The maximum absolute atomic E-state index is 6.03. The lowest BCUT2D eigenvalue weighted by Crippen LogP contribution is -2.34. The highest BCUT2D eigenvalue weighted by Gasteiger charge is 2.16. The fourth-order valence-electron chi connectivity index (χ4n) is 2.51. The number of nitrogens with two attached hydrogens (primary N) is 3. The fraction of sp³-hybridized carbons (Fsp3) is 1.00. The van der Waals surface area contributed by atoms with Crippen molar-refractivity contribution in [3.05, 3.63) is 0 Å². The predicted octanol–water partition coefficient (Wildman–Crippen LogP) is 1.83. The standard InChI is InChI=1S/C24H53N3O6/c1-7-21(25)13-30-18(4)10-28-16-24(33-12-20(6)32-15-23(27)9-3)17-29-11-19(5)31-14-22(26)8-2/h18-24H,7-17,25-27H2,1-6H3/t18?,19?,20-,21?,22?,23?,24?/m0/s1. The van der Waals surface area contributed by atoms with Gasteiger partial charge in [0.15, 0.2) is 0 Å². The van der Waals surface area contributed by atoms with Crippen LogP contribution in [0.4, 0.5) is 0 Å². The molecule has 0 saturated carbocycles. The molecule has 0 saturated heterocycles. The third-order valence-corrected chi connectivity index (χ3v) is 5.24. The number of ether oxygens (including phenoxy) is 6. The summed E-state index contributed by atoms with van der Waals surface area (Å²) in [5, 5.41) is 0. The van der Waals surface area contributed by atoms with Gasteiger partial charge in [-0.3, -0.25) is 0 Å². The van der Waals surface area contributed by atoms with Gasteiger partial charge in [-0.15, -0.1) is 0 Å². The quantitative estimate of drug-likeness (QED) is 0.201. The van der Waals surface area contributed by atoms with Crippen molar-refractivity contribution in [2.45, 2.75) is 103 Å². The molecule has 0 amide bonds. The summed E-state index contributed by atoms with van der Waals surface area (Å²) in [6.07, 6.45) is 2.26. The molecule has 0 aromatic heterocycles. The zero-order valence-corrected chi connectivity index (χ0v) is 22.0. The Morgan fingerprint density at radius 3 is 1.12 bits per heavy atom. The van der Waals surface area contributed by atoms with E-state index in [0.717, 1.165) is 19.3 Å². The summed E-state index contributed by atoms with van der Waals surface area (Å²) < 4.78 is 34.9. The minimum absolute atomic E-state index is 0.0412. The lowest BCUT2D eigenvalue weighted by atomic mass is 10.2. The zero-order valence-electron chi connectivity index (χ0n) is 22.0. The molecule has 5 unspecified atom stereocenters. The first-order valence-corrected chi connectivity index (χ1v) is 12.6. The Bertz CT molecular complexity index is 409. The molecule has 200 valence electrons. The summed E-state index contributed by atoms with van der Waals surface area (Å²) in [5.74, 6) is 0. The second-order valence-electron chi connectivity index (χ2n) is 8.97. The Hall–Kier alpha value is -0.360. The van der Waals surface area contributed by atoms with Crippen LogP contribution in [-0.4, -0.2) is 95.4 Å². The van der Waals surface area contributed by atoms with Crippen LogP contribution in [0, 0.1) is 0 Å². The zero-order chi connectivity index (χ0) is 25.1. The molecule has 0 aromatic carbocycles. The van der Waals surface area contributed by atoms with Gasteiger partial charge in [0.05, 0.1) is 71.2 Å². The van der Waals surface area contributed by atoms with E-state index in [4.69, 9.17) is 45.6 Å². The van der Waals surface area contributed by atoms with Crippen LogP contribution >= 0.6 is 0 Å². The van der Waals surface area contributed by atoms with Gasteiger partial charge in [0.2, 0.25) is 0 Å². The molecule has 9 heteroatoms. The number of hydrogen-bond acceptors (Lipinski definition) is 9. The number of hydrogen-bond donors (Lipinski definition) is 3. The van der Waals surface area contributed by atoms with Crippen molar-refractivity contribution in [1.82, 2.24) is 0 Å². The van der Waals surface area contributed by atoms with Gasteiger partial charge in [-0.2, -0.15) is 0 Å². The van der Waals surface area contributed by atoms with Crippen molar-refractivity contribution >= 4 is 0 Å². The highest BCUT2D eigenvalue weighted by atomic mass is 16.6. The van der Waals surface area contributed by atoms with Gasteiger partial charge in [-0.1, -0.05) is 20.8 Å². The Labute approximate surface area is 202 Å². The van der Waals surface area contributed by atoms with Gasteiger partial charge in [0.25, 0.3) is 0 Å². The monoisotopic (exact) mass is 479 g/mol. The second kappa shape index (κ2) is 21.0. The van der Waals surface area contributed by atoms with Crippen molar-refractivity contribution < 1.29 is 28.4 Å². The SMILES string of the molecule is CCC(N)COC(C)COCC(COCC(C)OCC(N)CC)OC[C@H](C)OCC(N)CC. The predicted molar refractivity (Wildman–Crippen MR) is 132 cm³/mol. The summed E-state index contributed by atoms with van der Waals surface area (Å²) in [6.45, 7) is 15.8. The van der Waals surface area contributed by atoms with E-state index in [0.29, 0.717) is 52.9 Å². The Balaban J connectivity index is 4.41. The van der Waals surface area contributed by atoms with Gasteiger partial charge < -0.3 is 45.6 Å². The van der Waals surface area contributed by atoms with Crippen LogP contribution in [0.3, 0.4) is 0 Å². The molecule has 0 aromatic rings. The molecule has 0 aliphatic rings. The number of rotatable bonds is 23. The maximum atomic E-state index is 6.03. The van der Waals surface area contributed by atoms with Crippen LogP contribution < -0.4 is 17.2 Å². The Kier molecular flexibility index (Phi) is 20.7. The van der Waals surface area contributed by atoms with Gasteiger partial charge in [0.1, 0.15) is 6.10 Å². The Morgan fingerprint density at radius 1 is 0.455 bits per heavy atom. The van der Waals surface area contributed by atoms with E-state index in [-0.39, 0.29) is 42.5 Å². The van der Waals surface area contributed by atoms with E-state index in [1.807, 2.05) is 41.5 Å². The third kappa shape index (κ3) is 19.6. The van der Waals surface area contributed by atoms with Crippen LogP contribution in [0.2, 0.25) is 0 Å². The molecule has 0 bridgehead atoms. The largest absolute Gasteiger partial charge is 0.376 e. The first kappa shape index (κ1) is 32.6. The third-order valence-electron chi connectivity index (χ3n) is 5.24. The van der Waals surface area contributed by atoms with Crippen LogP contribution in [0.25, 0.3) is 0 Å². The van der Waals surface area contributed by atoms with E-state index < -0.39 is 0 Å². The minimum Gasteiger partial charge on any atom is -0.376 e. The molecule has 0 aliphatic carbocycles. The fourth-order valence-corrected chi connectivity index (χ4v) is 2.51. The van der Waals surface area contributed by atoms with Gasteiger partial charge >= 0.3 is 0 Å². The van der Waals surface area contributed by atoms with Crippen LogP contribution in [0.5, 0.6) is 0 Å².